The van der Waals surface area contributed by atoms with E-state index in [0.717, 1.165) is 11.0 Å². The Balaban J connectivity index is 1.95. The van der Waals surface area contributed by atoms with E-state index in [9.17, 15) is 14.4 Å². The molecule has 0 saturated heterocycles. The molecule has 0 unspecified atom stereocenters. The largest absolute Gasteiger partial charge is 0.462 e. The Kier molecular flexibility index (Phi) is 8.01. The number of hydrogen-bond donors (Lipinski definition) is 1. The molecule has 0 aliphatic heterocycles. The lowest BCUT2D eigenvalue weighted by Gasteiger charge is -2.06. The third-order valence-corrected chi connectivity index (χ3v) is 5.17. The van der Waals surface area contributed by atoms with E-state index < -0.39 is 24.5 Å². The van der Waals surface area contributed by atoms with Crippen LogP contribution >= 0.6 is 27.3 Å². The minimum atomic E-state index is -0.692. The molecule has 1 N–H and O–H groups in total. The summed E-state index contributed by atoms with van der Waals surface area (Å²) in [5.74, 6) is -1.10. The van der Waals surface area contributed by atoms with E-state index in [1.165, 1.54) is 17.4 Å². The van der Waals surface area contributed by atoms with Gasteiger partial charge in [0.2, 0.25) is 0 Å². The van der Waals surface area contributed by atoms with Crippen molar-refractivity contribution < 1.29 is 28.3 Å². The van der Waals surface area contributed by atoms with E-state index in [2.05, 4.69) is 21.2 Å². The van der Waals surface area contributed by atoms with Crippen molar-refractivity contribution in [1.29, 1.82) is 0 Å². The molecular formula is C19H20BrNO6S. The number of anilines is 1. The van der Waals surface area contributed by atoms with Crippen molar-refractivity contribution in [2.24, 2.45) is 0 Å². The third kappa shape index (κ3) is 6.35. The Labute approximate surface area is 174 Å². The van der Waals surface area contributed by atoms with E-state index in [0.29, 0.717) is 21.0 Å². The normalized spacial score (nSPS) is 11.0. The van der Waals surface area contributed by atoms with Gasteiger partial charge in [-0.1, -0.05) is 13.8 Å². The molecule has 0 atom stereocenters. The van der Waals surface area contributed by atoms with Crippen LogP contribution in [-0.4, -0.2) is 31.1 Å². The fraction of sp³-hybridized carbons (Fsp3) is 0.316. The molecule has 0 fully saturated rings. The molecule has 0 bridgehead atoms. The van der Waals surface area contributed by atoms with Crippen LogP contribution in [0.1, 0.15) is 47.7 Å². The molecule has 0 aliphatic carbocycles. The maximum atomic E-state index is 12.1. The highest BCUT2D eigenvalue weighted by atomic mass is 79.9. The molecule has 0 spiro atoms. The summed E-state index contributed by atoms with van der Waals surface area (Å²) in [4.78, 5) is 36.9. The second kappa shape index (κ2) is 10.2. The number of nitrogens with one attached hydrogen (secondary N) is 1. The minimum Gasteiger partial charge on any atom is -0.462 e. The van der Waals surface area contributed by atoms with Gasteiger partial charge in [0.25, 0.3) is 5.91 Å². The van der Waals surface area contributed by atoms with Gasteiger partial charge < -0.3 is 19.2 Å². The third-order valence-electron chi connectivity index (χ3n) is 3.39. The summed E-state index contributed by atoms with van der Waals surface area (Å²) < 4.78 is 15.7. The molecule has 0 aromatic carbocycles. The van der Waals surface area contributed by atoms with E-state index in [4.69, 9.17) is 13.9 Å². The van der Waals surface area contributed by atoms with Gasteiger partial charge in [-0.25, -0.2) is 9.59 Å². The Morgan fingerprint density at radius 3 is 2.64 bits per heavy atom. The van der Waals surface area contributed by atoms with Crippen LogP contribution in [0.2, 0.25) is 0 Å². The molecule has 2 heterocycles. The number of carbonyl (C=O) groups excluding carboxylic acids is 3. The van der Waals surface area contributed by atoms with Crippen LogP contribution in [-0.2, 0) is 19.1 Å². The number of amides is 1. The van der Waals surface area contributed by atoms with Crippen molar-refractivity contribution >= 4 is 56.2 Å². The number of ether oxygens (including phenoxy) is 2. The number of halogens is 1. The van der Waals surface area contributed by atoms with Crippen LogP contribution in [0.5, 0.6) is 0 Å². The van der Waals surface area contributed by atoms with Gasteiger partial charge in [-0.2, -0.15) is 0 Å². The van der Waals surface area contributed by atoms with Crippen molar-refractivity contribution in [2.45, 2.75) is 26.7 Å². The standard InChI is InChI=1S/C19H20BrNO6S/c1-4-25-19(24)13-9-14(11(2)3)28-18(13)21-16(22)10-26-17(23)8-6-12-5-7-15(20)27-12/h5-9,11H,4,10H2,1-3H3,(H,21,22). The van der Waals surface area contributed by atoms with Gasteiger partial charge in [0.15, 0.2) is 11.3 Å². The Hall–Kier alpha value is -2.39. The summed E-state index contributed by atoms with van der Waals surface area (Å²) in [6.45, 7) is 5.42. The number of thiophene rings is 1. The molecule has 28 heavy (non-hydrogen) atoms. The molecule has 2 rings (SSSR count). The predicted octanol–water partition coefficient (Wildman–Crippen LogP) is 4.60. The molecule has 0 aliphatic rings. The summed E-state index contributed by atoms with van der Waals surface area (Å²) in [6.07, 6.45) is 2.59. The van der Waals surface area contributed by atoms with Gasteiger partial charge in [0.05, 0.1) is 12.2 Å². The molecule has 7 nitrogen and oxygen atoms in total. The number of rotatable bonds is 8. The molecule has 9 heteroatoms. The van der Waals surface area contributed by atoms with Crippen molar-refractivity contribution in [3.63, 3.8) is 0 Å². The fourth-order valence-electron chi connectivity index (χ4n) is 2.06. The molecule has 150 valence electrons. The number of esters is 2. The molecule has 1 amide bonds. The lowest BCUT2D eigenvalue weighted by Crippen LogP contribution is -2.20. The summed E-state index contributed by atoms with van der Waals surface area (Å²) in [5, 5.41) is 2.98. The second-order valence-corrected chi connectivity index (χ2v) is 7.76. The highest BCUT2D eigenvalue weighted by molar-refractivity contribution is 9.10. The van der Waals surface area contributed by atoms with Gasteiger partial charge >= 0.3 is 11.9 Å². The quantitative estimate of drug-likeness (QED) is 0.448. The Morgan fingerprint density at radius 1 is 1.29 bits per heavy atom. The lowest BCUT2D eigenvalue weighted by molar-refractivity contribution is -0.142. The van der Waals surface area contributed by atoms with Crippen molar-refractivity contribution in [3.8, 4) is 0 Å². The highest BCUT2D eigenvalue weighted by Gasteiger charge is 2.20. The average molecular weight is 470 g/mol. The van der Waals surface area contributed by atoms with Crippen LogP contribution < -0.4 is 5.32 Å². The summed E-state index contributed by atoms with van der Waals surface area (Å²) >= 11 is 4.45. The van der Waals surface area contributed by atoms with Crippen LogP contribution in [0.15, 0.2) is 33.4 Å². The fourth-order valence-corrected chi connectivity index (χ4v) is 3.45. The maximum Gasteiger partial charge on any atom is 0.341 e. The summed E-state index contributed by atoms with van der Waals surface area (Å²) in [6, 6.07) is 5.06. The van der Waals surface area contributed by atoms with E-state index in [1.54, 1.807) is 25.1 Å². The van der Waals surface area contributed by atoms with E-state index in [-0.39, 0.29) is 12.5 Å². The first-order chi connectivity index (χ1) is 13.3. The zero-order valence-corrected chi connectivity index (χ0v) is 18.0. The van der Waals surface area contributed by atoms with Gasteiger partial charge in [0.1, 0.15) is 10.8 Å². The van der Waals surface area contributed by atoms with Gasteiger partial charge in [-0.15, -0.1) is 11.3 Å². The Morgan fingerprint density at radius 2 is 2.04 bits per heavy atom. The van der Waals surface area contributed by atoms with Crippen molar-refractivity contribution in [1.82, 2.24) is 0 Å². The first-order valence-corrected chi connectivity index (χ1v) is 10.1. The summed E-state index contributed by atoms with van der Waals surface area (Å²) in [5.41, 5.74) is 0.290. The monoisotopic (exact) mass is 469 g/mol. The predicted molar refractivity (Wildman–Crippen MR) is 109 cm³/mol. The number of furan rings is 1. The molecule has 2 aromatic heterocycles. The van der Waals surface area contributed by atoms with Gasteiger partial charge in [0, 0.05) is 11.0 Å². The van der Waals surface area contributed by atoms with Crippen molar-refractivity contribution in [2.75, 3.05) is 18.5 Å². The maximum absolute atomic E-state index is 12.1. The first kappa shape index (κ1) is 21.9. The lowest BCUT2D eigenvalue weighted by atomic mass is 10.1. The first-order valence-electron chi connectivity index (χ1n) is 8.51. The molecule has 0 radical (unpaired) electrons. The zero-order valence-electron chi connectivity index (χ0n) is 15.6. The average Bonchev–Trinajstić information content (AvgIpc) is 3.25. The van der Waals surface area contributed by atoms with Crippen LogP contribution in [0.25, 0.3) is 6.08 Å². The van der Waals surface area contributed by atoms with Gasteiger partial charge in [-0.3, -0.25) is 4.79 Å². The van der Waals surface area contributed by atoms with Gasteiger partial charge in [-0.05, 0) is 53.0 Å². The van der Waals surface area contributed by atoms with E-state index in [1.807, 2.05) is 13.8 Å². The minimum absolute atomic E-state index is 0.188. The van der Waals surface area contributed by atoms with Crippen LogP contribution in [0.4, 0.5) is 5.00 Å². The van der Waals surface area contributed by atoms with Crippen LogP contribution in [0.3, 0.4) is 0 Å². The molecular weight excluding hydrogens is 450 g/mol. The Bertz CT molecular complexity index is 883. The van der Waals surface area contributed by atoms with Crippen molar-refractivity contribution in [3.05, 3.63) is 45.1 Å². The van der Waals surface area contributed by atoms with E-state index >= 15 is 0 Å². The smallest absolute Gasteiger partial charge is 0.341 e. The number of carbonyl (C=O) groups is 3. The van der Waals surface area contributed by atoms with Crippen LogP contribution in [0, 0.1) is 0 Å². The topological polar surface area (TPSA) is 94.8 Å². The highest BCUT2D eigenvalue weighted by Crippen LogP contribution is 2.33. The summed E-state index contributed by atoms with van der Waals surface area (Å²) in [7, 11) is 0. The number of hydrogen-bond acceptors (Lipinski definition) is 7. The molecule has 0 saturated carbocycles. The zero-order chi connectivity index (χ0) is 20.7. The second-order valence-electron chi connectivity index (χ2n) is 5.90. The molecule has 2 aromatic rings. The SMILES string of the molecule is CCOC(=O)c1cc(C(C)C)sc1NC(=O)COC(=O)C=Cc1ccc(Br)o1.